The number of amides is 1. The molecule has 0 radical (unpaired) electrons. The molecule has 1 aromatic carbocycles. The van der Waals surface area contributed by atoms with Crippen LogP contribution in [0.25, 0.3) is 0 Å². The molecule has 3 fully saturated rings. The zero-order valence-electron chi connectivity index (χ0n) is 16.6. The average Bonchev–Trinajstić information content (AvgIpc) is 3.31. The molecule has 2 atom stereocenters. The lowest BCUT2D eigenvalue weighted by atomic mass is 9.79. The molecule has 2 aliphatic heterocycles. The number of alkyl halides is 1. The van der Waals surface area contributed by atoms with Gasteiger partial charge < -0.3 is 19.1 Å². The fourth-order valence-electron chi connectivity index (χ4n) is 3.66. The lowest BCUT2D eigenvalue weighted by Gasteiger charge is -2.36. The normalized spacial score (nSPS) is 29.1. The number of nitrogens with zero attached hydrogens (tertiary/aromatic N) is 2. The van der Waals surface area contributed by atoms with E-state index in [-0.39, 0.29) is 30.1 Å². The van der Waals surface area contributed by atoms with E-state index < -0.39 is 6.17 Å². The molecule has 0 bridgehead atoms. The standard InChI is InChI=1S/C20H28BFN2O3/c1-19(2)20(3,4)27-21(26-19)14-5-7-15(8-6-14)23-9-11-24(12-10-23)18(25)16-13-17(16)22/h5-8,16-17H,9-13H2,1-4H3. The molecule has 1 aliphatic carbocycles. The molecule has 1 amide bonds. The third kappa shape index (κ3) is 3.47. The summed E-state index contributed by atoms with van der Waals surface area (Å²) in [6.07, 6.45) is -0.516. The van der Waals surface area contributed by atoms with Crippen molar-refractivity contribution in [2.24, 2.45) is 5.92 Å². The minimum atomic E-state index is -0.918. The topological polar surface area (TPSA) is 42.0 Å². The van der Waals surface area contributed by atoms with Gasteiger partial charge in [0.2, 0.25) is 5.91 Å². The van der Waals surface area contributed by atoms with E-state index in [1.54, 1.807) is 4.90 Å². The summed E-state index contributed by atoms with van der Waals surface area (Å²) in [6.45, 7) is 11.0. The van der Waals surface area contributed by atoms with Gasteiger partial charge in [0.1, 0.15) is 6.17 Å². The highest BCUT2D eigenvalue weighted by Gasteiger charge is 2.51. The Morgan fingerprint density at radius 2 is 1.56 bits per heavy atom. The molecular weight excluding hydrogens is 346 g/mol. The predicted octanol–water partition coefficient (Wildman–Crippen LogP) is 1.99. The Hall–Kier alpha value is -1.60. The summed E-state index contributed by atoms with van der Waals surface area (Å²) >= 11 is 0. The molecule has 2 heterocycles. The minimum Gasteiger partial charge on any atom is -0.399 e. The number of hydrogen-bond acceptors (Lipinski definition) is 4. The molecule has 7 heteroatoms. The van der Waals surface area contributed by atoms with Crippen molar-refractivity contribution >= 4 is 24.2 Å². The molecule has 4 rings (SSSR count). The fourth-order valence-corrected chi connectivity index (χ4v) is 3.66. The second kappa shape index (κ2) is 6.48. The zero-order valence-corrected chi connectivity index (χ0v) is 16.6. The van der Waals surface area contributed by atoms with Crippen LogP contribution in [0.4, 0.5) is 10.1 Å². The van der Waals surface area contributed by atoms with Gasteiger partial charge in [-0.2, -0.15) is 0 Å². The van der Waals surface area contributed by atoms with Crippen LogP contribution in [-0.2, 0) is 14.1 Å². The summed E-state index contributed by atoms with van der Waals surface area (Å²) in [4.78, 5) is 16.2. The third-order valence-electron chi connectivity index (χ3n) is 6.40. The number of benzene rings is 1. The Kier molecular flexibility index (Phi) is 4.50. The average molecular weight is 374 g/mol. The van der Waals surface area contributed by atoms with Gasteiger partial charge in [0.15, 0.2) is 0 Å². The minimum absolute atomic E-state index is 0.0155. The van der Waals surface area contributed by atoms with Crippen LogP contribution in [-0.4, -0.2) is 61.5 Å². The monoisotopic (exact) mass is 374 g/mol. The van der Waals surface area contributed by atoms with Crippen molar-refractivity contribution in [1.82, 2.24) is 4.90 Å². The first-order chi connectivity index (χ1) is 12.7. The number of piperazine rings is 1. The second-order valence-electron chi connectivity index (χ2n) is 8.85. The third-order valence-corrected chi connectivity index (χ3v) is 6.40. The van der Waals surface area contributed by atoms with Crippen molar-refractivity contribution in [3.05, 3.63) is 24.3 Å². The number of halogens is 1. The van der Waals surface area contributed by atoms with Crippen molar-refractivity contribution in [2.75, 3.05) is 31.1 Å². The summed E-state index contributed by atoms with van der Waals surface area (Å²) < 4.78 is 25.3. The first-order valence-corrected chi connectivity index (χ1v) is 9.81. The maximum absolute atomic E-state index is 13.1. The lowest BCUT2D eigenvalue weighted by Crippen LogP contribution is -2.49. The van der Waals surface area contributed by atoms with Gasteiger partial charge in [-0.15, -0.1) is 0 Å². The van der Waals surface area contributed by atoms with E-state index in [0.29, 0.717) is 19.5 Å². The Morgan fingerprint density at radius 1 is 1.04 bits per heavy atom. The lowest BCUT2D eigenvalue weighted by molar-refractivity contribution is -0.133. The van der Waals surface area contributed by atoms with Gasteiger partial charge in [-0.25, -0.2) is 4.39 Å². The van der Waals surface area contributed by atoms with Crippen LogP contribution in [0.15, 0.2) is 24.3 Å². The number of anilines is 1. The number of carbonyl (C=O) groups is 1. The summed E-state index contributed by atoms with van der Waals surface area (Å²) in [5, 5.41) is 0. The van der Waals surface area contributed by atoms with Crippen molar-refractivity contribution in [2.45, 2.75) is 51.5 Å². The van der Waals surface area contributed by atoms with E-state index in [0.717, 1.165) is 24.2 Å². The Labute approximate surface area is 160 Å². The molecule has 1 aromatic rings. The second-order valence-corrected chi connectivity index (χ2v) is 8.85. The van der Waals surface area contributed by atoms with Crippen LogP contribution in [0.2, 0.25) is 0 Å². The molecule has 2 saturated heterocycles. The Bertz CT molecular complexity index is 700. The van der Waals surface area contributed by atoms with E-state index in [2.05, 4.69) is 44.7 Å². The molecule has 146 valence electrons. The molecule has 1 saturated carbocycles. The van der Waals surface area contributed by atoms with Crippen LogP contribution in [0, 0.1) is 5.92 Å². The van der Waals surface area contributed by atoms with Gasteiger partial charge in [-0.1, -0.05) is 12.1 Å². The molecule has 0 N–H and O–H groups in total. The highest BCUT2D eigenvalue weighted by atomic mass is 19.1. The highest BCUT2D eigenvalue weighted by Crippen LogP contribution is 2.37. The molecule has 0 spiro atoms. The summed E-state index contributed by atoms with van der Waals surface area (Å²) in [5.41, 5.74) is 1.43. The molecule has 2 unspecified atom stereocenters. The van der Waals surface area contributed by atoms with Gasteiger partial charge in [-0.3, -0.25) is 4.79 Å². The van der Waals surface area contributed by atoms with E-state index in [9.17, 15) is 9.18 Å². The Morgan fingerprint density at radius 3 is 2.04 bits per heavy atom. The van der Waals surface area contributed by atoms with Crippen molar-refractivity contribution in [1.29, 1.82) is 0 Å². The van der Waals surface area contributed by atoms with Gasteiger partial charge in [0.05, 0.1) is 17.1 Å². The van der Waals surface area contributed by atoms with E-state index in [4.69, 9.17) is 9.31 Å². The van der Waals surface area contributed by atoms with Gasteiger partial charge >= 0.3 is 7.12 Å². The fraction of sp³-hybridized carbons (Fsp3) is 0.650. The molecule has 5 nitrogen and oxygen atoms in total. The number of rotatable bonds is 3. The number of carbonyl (C=O) groups excluding carboxylic acids is 1. The van der Waals surface area contributed by atoms with Crippen LogP contribution >= 0.6 is 0 Å². The smallest absolute Gasteiger partial charge is 0.399 e. The van der Waals surface area contributed by atoms with Gasteiger partial charge in [-0.05, 0) is 51.7 Å². The maximum Gasteiger partial charge on any atom is 0.494 e. The first kappa shape index (κ1) is 18.8. The summed E-state index contributed by atoms with van der Waals surface area (Å²) in [6, 6.07) is 8.26. The molecule has 0 aromatic heterocycles. The first-order valence-electron chi connectivity index (χ1n) is 9.81. The molecule has 27 heavy (non-hydrogen) atoms. The largest absolute Gasteiger partial charge is 0.494 e. The van der Waals surface area contributed by atoms with Crippen LogP contribution in [0.1, 0.15) is 34.1 Å². The van der Waals surface area contributed by atoms with Crippen LogP contribution in [0.3, 0.4) is 0 Å². The maximum atomic E-state index is 13.1. The quantitative estimate of drug-likeness (QED) is 0.759. The predicted molar refractivity (Wildman–Crippen MR) is 104 cm³/mol. The van der Waals surface area contributed by atoms with Crippen molar-refractivity contribution < 1.29 is 18.5 Å². The van der Waals surface area contributed by atoms with Crippen molar-refractivity contribution in [3.8, 4) is 0 Å². The summed E-state index contributed by atoms with van der Waals surface area (Å²) in [7, 11) is -0.356. The van der Waals surface area contributed by atoms with E-state index in [1.807, 2.05) is 12.1 Å². The van der Waals surface area contributed by atoms with Gasteiger partial charge in [0, 0.05) is 31.9 Å². The Balaban J connectivity index is 1.36. The zero-order chi connectivity index (χ0) is 19.4. The highest BCUT2D eigenvalue weighted by molar-refractivity contribution is 6.62. The van der Waals surface area contributed by atoms with Crippen molar-refractivity contribution in [3.63, 3.8) is 0 Å². The van der Waals surface area contributed by atoms with Gasteiger partial charge in [0.25, 0.3) is 0 Å². The SMILES string of the molecule is CC1(C)OB(c2ccc(N3CCN(C(=O)C4CC4F)CC3)cc2)OC1(C)C. The van der Waals surface area contributed by atoms with E-state index >= 15 is 0 Å². The molecular formula is C20H28BFN2O3. The number of hydrogen-bond donors (Lipinski definition) is 0. The summed E-state index contributed by atoms with van der Waals surface area (Å²) in [5.74, 6) is -0.394. The molecule has 3 aliphatic rings. The van der Waals surface area contributed by atoms with Crippen LogP contribution < -0.4 is 10.4 Å². The van der Waals surface area contributed by atoms with Crippen LogP contribution in [0.5, 0.6) is 0 Å². The van der Waals surface area contributed by atoms with E-state index in [1.165, 1.54) is 0 Å².